The Morgan fingerprint density at radius 1 is 1.21 bits per heavy atom. The van der Waals surface area contributed by atoms with Crippen LogP contribution in [-0.2, 0) is 17.8 Å². The first kappa shape index (κ1) is 23.7. The number of aromatic nitrogens is 2. The highest BCUT2D eigenvalue weighted by atomic mass is 127. The fourth-order valence-corrected chi connectivity index (χ4v) is 3.72. The van der Waals surface area contributed by atoms with Gasteiger partial charge in [0.05, 0.1) is 13.1 Å². The second kappa shape index (κ2) is 12.2. The van der Waals surface area contributed by atoms with Gasteiger partial charge in [-0.05, 0) is 48.8 Å². The molecular weight excluding hydrogens is 477 g/mol. The van der Waals surface area contributed by atoms with Crippen LogP contribution < -0.4 is 10.6 Å². The van der Waals surface area contributed by atoms with Crippen LogP contribution in [0.4, 0.5) is 0 Å². The molecule has 1 aromatic carbocycles. The van der Waals surface area contributed by atoms with Gasteiger partial charge in [-0.3, -0.25) is 4.68 Å². The van der Waals surface area contributed by atoms with E-state index in [4.69, 9.17) is 9.73 Å². The number of rotatable bonds is 10. The zero-order valence-electron chi connectivity index (χ0n) is 17.6. The SMILES string of the molecule is CCNC(=NCc1ccccc1Cn1cccn1)NCC1(CCOC)CCC1.I. The molecule has 0 bridgehead atoms. The van der Waals surface area contributed by atoms with Gasteiger partial charge in [-0.2, -0.15) is 5.10 Å². The lowest BCUT2D eigenvalue weighted by atomic mass is 9.67. The molecule has 1 aromatic heterocycles. The average molecular weight is 511 g/mol. The first-order valence-corrected chi connectivity index (χ1v) is 10.3. The van der Waals surface area contributed by atoms with Crippen molar-refractivity contribution in [1.29, 1.82) is 0 Å². The van der Waals surface area contributed by atoms with Crippen molar-refractivity contribution in [2.45, 2.75) is 45.7 Å². The van der Waals surface area contributed by atoms with Crippen molar-refractivity contribution in [3.8, 4) is 0 Å². The van der Waals surface area contributed by atoms with E-state index in [1.165, 1.54) is 30.4 Å². The lowest BCUT2D eigenvalue weighted by Crippen LogP contribution is -2.47. The fourth-order valence-electron chi connectivity index (χ4n) is 3.72. The maximum Gasteiger partial charge on any atom is 0.191 e. The summed E-state index contributed by atoms with van der Waals surface area (Å²) in [7, 11) is 1.78. The smallest absolute Gasteiger partial charge is 0.191 e. The van der Waals surface area contributed by atoms with E-state index >= 15 is 0 Å². The summed E-state index contributed by atoms with van der Waals surface area (Å²) in [4.78, 5) is 4.85. The summed E-state index contributed by atoms with van der Waals surface area (Å²) >= 11 is 0. The summed E-state index contributed by atoms with van der Waals surface area (Å²) in [5.41, 5.74) is 2.85. The summed E-state index contributed by atoms with van der Waals surface area (Å²) in [5.74, 6) is 0.889. The molecule has 0 radical (unpaired) electrons. The summed E-state index contributed by atoms with van der Waals surface area (Å²) in [5, 5.41) is 11.3. The minimum atomic E-state index is 0. The Hall–Kier alpha value is -1.61. The Balaban J connectivity index is 0.00000300. The quantitative estimate of drug-likeness (QED) is 0.289. The van der Waals surface area contributed by atoms with Crippen molar-refractivity contribution in [3.05, 3.63) is 53.9 Å². The second-order valence-corrected chi connectivity index (χ2v) is 7.62. The number of halogens is 1. The van der Waals surface area contributed by atoms with E-state index in [0.29, 0.717) is 12.0 Å². The highest BCUT2D eigenvalue weighted by molar-refractivity contribution is 14.0. The van der Waals surface area contributed by atoms with Gasteiger partial charge in [0, 0.05) is 39.2 Å². The molecule has 2 aromatic rings. The highest BCUT2D eigenvalue weighted by Crippen LogP contribution is 2.43. The van der Waals surface area contributed by atoms with Crippen molar-refractivity contribution in [2.24, 2.45) is 10.4 Å². The monoisotopic (exact) mass is 511 g/mol. The average Bonchev–Trinajstić information content (AvgIpc) is 3.19. The molecule has 1 aliphatic carbocycles. The van der Waals surface area contributed by atoms with Crippen LogP contribution in [0.2, 0.25) is 0 Å². The molecule has 0 atom stereocenters. The number of guanidine groups is 1. The van der Waals surface area contributed by atoms with Gasteiger partial charge in [0.1, 0.15) is 0 Å². The fraction of sp³-hybridized carbons (Fsp3) is 0.545. The maximum absolute atomic E-state index is 5.31. The topological polar surface area (TPSA) is 63.5 Å². The molecule has 7 heteroatoms. The summed E-state index contributed by atoms with van der Waals surface area (Å²) in [6.45, 7) is 6.16. The first-order valence-electron chi connectivity index (χ1n) is 10.3. The molecule has 29 heavy (non-hydrogen) atoms. The molecular formula is C22H34IN5O. The molecule has 2 N–H and O–H groups in total. The van der Waals surface area contributed by atoms with Crippen LogP contribution in [0.5, 0.6) is 0 Å². The first-order chi connectivity index (χ1) is 13.7. The van der Waals surface area contributed by atoms with Crippen LogP contribution in [0.1, 0.15) is 43.7 Å². The van der Waals surface area contributed by atoms with Crippen molar-refractivity contribution < 1.29 is 4.74 Å². The molecule has 0 aliphatic heterocycles. The predicted octanol–water partition coefficient (Wildman–Crippen LogP) is 3.81. The van der Waals surface area contributed by atoms with E-state index in [-0.39, 0.29) is 24.0 Å². The zero-order valence-corrected chi connectivity index (χ0v) is 19.9. The number of nitrogens with one attached hydrogen (secondary N) is 2. The van der Waals surface area contributed by atoms with E-state index < -0.39 is 0 Å². The number of nitrogens with zero attached hydrogens (tertiary/aromatic N) is 3. The lowest BCUT2D eigenvalue weighted by molar-refractivity contribution is 0.0732. The highest BCUT2D eigenvalue weighted by Gasteiger charge is 2.36. The molecule has 0 spiro atoms. The maximum atomic E-state index is 5.31. The molecule has 1 saturated carbocycles. The summed E-state index contributed by atoms with van der Waals surface area (Å²) < 4.78 is 7.25. The van der Waals surface area contributed by atoms with Crippen LogP contribution >= 0.6 is 24.0 Å². The number of hydrogen-bond donors (Lipinski definition) is 2. The molecule has 160 valence electrons. The molecule has 1 aliphatic rings. The third-order valence-electron chi connectivity index (χ3n) is 5.64. The Morgan fingerprint density at radius 3 is 2.62 bits per heavy atom. The third kappa shape index (κ3) is 6.99. The Morgan fingerprint density at radius 2 is 2.00 bits per heavy atom. The zero-order chi connectivity index (χ0) is 19.7. The normalized spacial score (nSPS) is 15.3. The minimum absolute atomic E-state index is 0. The van der Waals surface area contributed by atoms with Crippen LogP contribution in [0.25, 0.3) is 0 Å². The Kier molecular flexibility index (Phi) is 9.93. The van der Waals surface area contributed by atoms with E-state index in [2.05, 4.69) is 46.9 Å². The van der Waals surface area contributed by atoms with Crippen molar-refractivity contribution in [1.82, 2.24) is 20.4 Å². The van der Waals surface area contributed by atoms with Gasteiger partial charge in [0.15, 0.2) is 5.96 Å². The van der Waals surface area contributed by atoms with Crippen molar-refractivity contribution >= 4 is 29.9 Å². The number of methoxy groups -OCH3 is 1. The van der Waals surface area contributed by atoms with Gasteiger partial charge in [-0.1, -0.05) is 30.7 Å². The van der Waals surface area contributed by atoms with Gasteiger partial charge in [-0.15, -0.1) is 24.0 Å². The lowest BCUT2D eigenvalue weighted by Gasteiger charge is -2.42. The second-order valence-electron chi connectivity index (χ2n) is 7.62. The van der Waals surface area contributed by atoms with Gasteiger partial charge in [-0.25, -0.2) is 4.99 Å². The predicted molar refractivity (Wildman–Crippen MR) is 129 cm³/mol. The number of aliphatic imine (C=N–C) groups is 1. The molecule has 1 heterocycles. The van der Waals surface area contributed by atoms with Gasteiger partial charge < -0.3 is 15.4 Å². The van der Waals surface area contributed by atoms with Crippen molar-refractivity contribution in [3.63, 3.8) is 0 Å². The number of ether oxygens (including phenoxy) is 1. The molecule has 0 saturated heterocycles. The van der Waals surface area contributed by atoms with E-state index in [0.717, 1.165) is 38.6 Å². The van der Waals surface area contributed by atoms with Crippen LogP contribution in [0.15, 0.2) is 47.7 Å². The molecule has 3 rings (SSSR count). The standard InChI is InChI=1S/C22H33N5O.HI/c1-3-23-21(25-18-22(10-6-11-22)12-15-28-2)24-16-19-8-4-5-9-20(19)17-27-14-7-13-26-27;/h4-5,7-9,13-14H,3,6,10-12,15-18H2,1-2H3,(H2,23,24,25);1H. The van der Waals surface area contributed by atoms with Crippen molar-refractivity contribution in [2.75, 3.05) is 26.8 Å². The largest absolute Gasteiger partial charge is 0.385 e. The number of hydrogen-bond acceptors (Lipinski definition) is 3. The van der Waals surface area contributed by atoms with Crippen LogP contribution in [0.3, 0.4) is 0 Å². The van der Waals surface area contributed by atoms with E-state index in [1.54, 1.807) is 7.11 Å². The molecule has 0 unspecified atom stereocenters. The third-order valence-corrected chi connectivity index (χ3v) is 5.64. The Bertz CT molecular complexity index is 743. The van der Waals surface area contributed by atoms with Gasteiger partial charge >= 0.3 is 0 Å². The molecule has 1 fully saturated rings. The summed E-state index contributed by atoms with van der Waals surface area (Å²) in [6, 6.07) is 10.4. The van der Waals surface area contributed by atoms with Gasteiger partial charge in [0.2, 0.25) is 0 Å². The molecule has 6 nitrogen and oxygen atoms in total. The Labute approximate surface area is 191 Å². The number of benzene rings is 1. The van der Waals surface area contributed by atoms with Crippen LogP contribution in [0, 0.1) is 5.41 Å². The molecule has 0 amide bonds. The van der Waals surface area contributed by atoms with Gasteiger partial charge in [0.25, 0.3) is 0 Å². The minimum Gasteiger partial charge on any atom is -0.385 e. The van der Waals surface area contributed by atoms with E-state index in [9.17, 15) is 0 Å². The van der Waals surface area contributed by atoms with E-state index in [1.807, 2.05) is 23.1 Å². The van der Waals surface area contributed by atoms with Crippen LogP contribution in [-0.4, -0.2) is 42.5 Å². The summed E-state index contributed by atoms with van der Waals surface area (Å²) in [6.07, 6.45) is 8.78.